The van der Waals surface area contributed by atoms with Gasteiger partial charge in [0, 0.05) is 7.05 Å². The number of thiophene rings is 1. The molecule has 0 atom stereocenters. The number of halogens is 3. The third-order valence-electron chi connectivity index (χ3n) is 2.00. The molecular weight excluding hydrogens is 287 g/mol. The Morgan fingerprint density at radius 1 is 1.19 bits per heavy atom. The number of anilines is 1. The van der Waals surface area contributed by atoms with Crippen LogP contribution in [0.2, 0.25) is 15.1 Å². The lowest BCUT2D eigenvalue weighted by atomic mass is 10.3. The second-order valence-electron chi connectivity index (χ2n) is 3.00. The van der Waals surface area contributed by atoms with Gasteiger partial charge in [0.15, 0.2) is 0 Å². The number of hydrogen-bond acceptors (Lipinski definition) is 3. The minimum absolute atomic E-state index is 0.490. The summed E-state index contributed by atoms with van der Waals surface area (Å²) in [7, 11) is 1.75. The monoisotopic (exact) mass is 292 g/mol. The molecule has 2 rings (SSSR count). The second-order valence-corrected chi connectivity index (χ2v) is 5.13. The van der Waals surface area contributed by atoms with Crippen LogP contribution in [0.15, 0.2) is 17.5 Å². The molecule has 0 aromatic carbocycles. The number of hydrogen-bond donors (Lipinski definition) is 1. The van der Waals surface area contributed by atoms with E-state index in [-0.39, 0.29) is 0 Å². The van der Waals surface area contributed by atoms with Gasteiger partial charge in [-0.15, -0.1) is 11.3 Å². The number of rotatable bonds is 2. The van der Waals surface area contributed by atoms with E-state index in [9.17, 15) is 0 Å². The summed E-state index contributed by atoms with van der Waals surface area (Å²) in [6.45, 7) is 0. The average Bonchev–Trinajstić information content (AvgIpc) is 2.65. The van der Waals surface area contributed by atoms with Crippen LogP contribution in [0.25, 0.3) is 10.6 Å². The molecule has 0 spiro atoms. The third-order valence-corrected chi connectivity index (χ3v) is 3.92. The fourth-order valence-corrected chi connectivity index (χ4v) is 3.02. The Bertz CT molecular complexity index is 525. The lowest BCUT2D eigenvalue weighted by Crippen LogP contribution is -1.95. The highest BCUT2D eigenvalue weighted by molar-refractivity contribution is 7.14. The van der Waals surface area contributed by atoms with E-state index < -0.39 is 0 Å². The van der Waals surface area contributed by atoms with Crippen molar-refractivity contribution in [2.75, 3.05) is 12.4 Å². The van der Waals surface area contributed by atoms with Crippen LogP contribution in [0.3, 0.4) is 0 Å². The molecule has 84 valence electrons. The quantitative estimate of drug-likeness (QED) is 0.859. The molecule has 0 bridgehead atoms. The van der Waals surface area contributed by atoms with Crippen LogP contribution in [0.5, 0.6) is 0 Å². The first kappa shape index (κ1) is 12.0. The van der Waals surface area contributed by atoms with E-state index in [4.69, 9.17) is 34.8 Å². The highest BCUT2D eigenvalue weighted by atomic mass is 35.5. The number of nitrogens with one attached hydrogen (secondary N) is 1. The Kier molecular flexibility index (Phi) is 3.60. The normalized spacial score (nSPS) is 10.5. The molecule has 0 aliphatic carbocycles. The van der Waals surface area contributed by atoms with Crippen molar-refractivity contribution in [1.82, 2.24) is 4.98 Å². The minimum atomic E-state index is 0.490. The number of pyridine rings is 1. The van der Waals surface area contributed by atoms with Crippen LogP contribution in [-0.2, 0) is 0 Å². The molecule has 2 heterocycles. The van der Waals surface area contributed by atoms with Gasteiger partial charge in [-0.25, -0.2) is 4.98 Å². The van der Waals surface area contributed by atoms with Crippen molar-refractivity contribution in [1.29, 1.82) is 0 Å². The molecule has 0 amide bonds. The van der Waals surface area contributed by atoms with Gasteiger partial charge in [0.2, 0.25) is 0 Å². The van der Waals surface area contributed by atoms with Gasteiger partial charge in [-0.05, 0) is 17.5 Å². The first-order valence-corrected chi connectivity index (χ1v) is 6.42. The first-order valence-electron chi connectivity index (χ1n) is 4.40. The summed E-state index contributed by atoms with van der Waals surface area (Å²) in [6, 6.07) is 3.47. The molecule has 2 nitrogen and oxygen atoms in total. The lowest BCUT2D eigenvalue weighted by Gasteiger charge is -2.07. The van der Waals surface area contributed by atoms with Crippen molar-refractivity contribution < 1.29 is 0 Å². The van der Waals surface area contributed by atoms with Crippen LogP contribution in [0.1, 0.15) is 0 Å². The van der Waals surface area contributed by atoms with E-state index in [2.05, 4.69) is 10.3 Å². The summed E-state index contributed by atoms with van der Waals surface area (Å²) < 4.78 is 0. The van der Waals surface area contributed by atoms with Gasteiger partial charge >= 0.3 is 0 Å². The van der Waals surface area contributed by atoms with Gasteiger partial charge in [0.05, 0.1) is 19.9 Å². The molecule has 2 aromatic rings. The zero-order valence-electron chi connectivity index (χ0n) is 8.22. The Labute approximate surface area is 112 Å². The Balaban J connectivity index is 2.61. The molecule has 0 fully saturated rings. The van der Waals surface area contributed by atoms with Gasteiger partial charge in [0.25, 0.3) is 0 Å². The lowest BCUT2D eigenvalue weighted by molar-refractivity contribution is 1.30. The van der Waals surface area contributed by atoms with Crippen molar-refractivity contribution >= 4 is 52.0 Å². The Morgan fingerprint density at radius 3 is 2.50 bits per heavy atom. The minimum Gasteiger partial charge on any atom is -0.372 e. The maximum Gasteiger partial charge on any atom is 0.145 e. The zero-order valence-corrected chi connectivity index (χ0v) is 11.3. The maximum atomic E-state index is 6.10. The fraction of sp³-hybridized carbons (Fsp3) is 0.100. The Hall–Kier alpha value is -0.480. The molecule has 0 radical (unpaired) electrons. The van der Waals surface area contributed by atoms with Crippen LogP contribution < -0.4 is 5.32 Å². The molecule has 6 heteroatoms. The van der Waals surface area contributed by atoms with Crippen molar-refractivity contribution in [3.8, 4) is 10.6 Å². The molecule has 16 heavy (non-hydrogen) atoms. The standard InChI is InChI=1S/C10H7Cl3N2S/c1-14-10-7(13)4-6(12)8(15-10)9-5(11)2-3-16-9/h2-4H,1H3,(H,14,15). The summed E-state index contributed by atoms with van der Waals surface area (Å²) in [5.74, 6) is 0.588. The number of nitrogens with zero attached hydrogens (tertiary/aromatic N) is 1. The summed E-state index contributed by atoms with van der Waals surface area (Å²) in [4.78, 5) is 5.19. The largest absolute Gasteiger partial charge is 0.372 e. The van der Waals surface area contributed by atoms with Gasteiger partial charge < -0.3 is 5.32 Å². The van der Waals surface area contributed by atoms with E-state index in [0.29, 0.717) is 26.6 Å². The number of aromatic nitrogens is 1. The van der Waals surface area contributed by atoms with E-state index in [1.807, 2.05) is 11.4 Å². The first-order chi connectivity index (χ1) is 7.63. The van der Waals surface area contributed by atoms with Crippen molar-refractivity contribution in [2.24, 2.45) is 0 Å². The molecule has 0 saturated carbocycles. The topological polar surface area (TPSA) is 24.9 Å². The third kappa shape index (κ3) is 2.13. The van der Waals surface area contributed by atoms with E-state index in [1.165, 1.54) is 11.3 Å². The molecule has 0 unspecified atom stereocenters. The smallest absolute Gasteiger partial charge is 0.145 e. The van der Waals surface area contributed by atoms with Gasteiger partial charge in [-0.2, -0.15) is 0 Å². The average molecular weight is 294 g/mol. The Morgan fingerprint density at radius 2 is 1.94 bits per heavy atom. The molecule has 0 saturated heterocycles. The van der Waals surface area contributed by atoms with Gasteiger partial charge in [-0.3, -0.25) is 0 Å². The highest BCUT2D eigenvalue weighted by Gasteiger charge is 2.14. The molecule has 2 aromatic heterocycles. The zero-order chi connectivity index (χ0) is 11.7. The second kappa shape index (κ2) is 4.80. The van der Waals surface area contributed by atoms with Crippen LogP contribution in [0.4, 0.5) is 5.82 Å². The van der Waals surface area contributed by atoms with Gasteiger partial charge in [0.1, 0.15) is 11.5 Å². The molecule has 0 aliphatic heterocycles. The van der Waals surface area contributed by atoms with Crippen LogP contribution in [0, 0.1) is 0 Å². The van der Waals surface area contributed by atoms with Crippen molar-refractivity contribution in [3.05, 3.63) is 32.6 Å². The van der Waals surface area contributed by atoms with Crippen molar-refractivity contribution in [3.63, 3.8) is 0 Å². The summed E-state index contributed by atoms with van der Waals surface area (Å²) in [6.07, 6.45) is 0. The van der Waals surface area contributed by atoms with Crippen molar-refractivity contribution in [2.45, 2.75) is 0 Å². The summed E-state index contributed by atoms with van der Waals surface area (Å²) in [5.41, 5.74) is 0.649. The molecular formula is C10H7Cl3N2S. The van der Waals surface area contributed by atoms with E-state index >= 15 is 0 Å². The van der Waals surface area contributed by atoms with Crippen LogP contribution >= 0.6 is 46.1 Å². The van der Waals surface area contributed by atoms with E-state index in [0.717, 1.165) is 4.88 Å². The fourth-order valence-electron chi connectivity index (χ4n) is 1.26. The predicted octanol–water partition coefficient (Wildman–Crippen LogP) is 4.81. The summed E-state index contributed by atoms with van der Waals surface area (Å²) >= 11 is 19.6. The molecule has 0 aliphatic rings. The van der Waals surface area contributed by atoms with Crippen LogP contribution in [-0.4, -0.2) is 12.0 Å². The predicted molar refractivity (Wildman–Crippen MR) is 72.1 cm³/mol. The maximum absolute atomic E-state index is 6.10. The SMILES string of the molecule is CNc1nc(-c2sccc2Cl)c(Cl)cc1Cl. The summed E-state index contributed by atoms with van der Waals surface area (Å²) in [5, 5.41) is 6.42. The molecule has 1 N–H and O–H groups in total. The van der Waals surface area contributed by atoms with Gasteiger partial charge in [-0.1, -0.05) is 34.8 Å². The highest BCUT2D eigenvalue weighted by Crippen LogP contribution is 2.38. The van der Waals surface area contributed by atoms with E-state index in [1.54, 1.807) is 13.1 Å².